The second kappa shape index (κ2) is 9.41. The van der Waals surface area contributed by atoms with Crippen LogP contribution in [-0.4, -0.2) is 42.6 Å². The van der Waals surface area contributed by atoms with Gasteiger partial charge in [-0.3, -0.25) is 14.3 Å². The van der Waals surface area contributed by atoms with Crippen molar-refractivity contribution in [3.05, 3.63) is 47.7 Å². The Bertz CT molecular complexity index is 1100. The van der Waals surface area contributed by atoms with E-state index in [1.54, 1.807) is 39.9 Å². The van der Waals surface area contributed by atoms with E-state index in [9.17, 15) is 18.4 Å². The summed E-state index contributed by atoms with van der Waals surface area (Å²) < 4.78 is 29.1. The zero-order valence-electron chi connectivity index (χ0n) is 18.5. The van der Waals surface area contributed by atoms with E-state index in [4.69, 9.17) is 0 Å². The largest absolute Gasteiger partial charge is 0.352 e. The highest BCUT2D eigenvalue weighted by Crippen LogP contribution is 2.28. The Labute approximate surface area is 184 Å². The predicted octanol–water partition coefficient (Wildman–Crippen LogP) is 2.73. The fraction of sp³-hybridized carbons (Fsp3) is 0.476. The number of fused-ring (bicyclic) bond motifs is 1. The van der Waals surface area contributed by atoms with E-state index in [0.717, 1.165) is 0 Å². The molecule has 2 N–H and O–H groups in total. The lowest BCUT2D eigenvalue weighted by atomic mass is 9.89. The molecular formula is C21H27F2N7O2. The van der Waals surface area contributed by atoms with Gasteiger partial charge in [-0.2, -0.15) is 10.2 Å². The summed E-state index contributed by atoms with van der Waals surface area (Å²) in [5, 5.41) is 13.9. The van der Waals surface area contributed by atoms with Crippen LogP contribution in [0.5, 0.6) is 0 Å². The average Bonchev–Trinajstić information content (AvgIpc) is 3.36. The van der Waals surface area contributed by atoms with E-state index < -0.39 is 17.7 Å². The summed E-state index contributed by atoms with van der Waals surface area (Å²) in [4.78, 5) is 28.9. The van der Waals surface area contributed by atoms with Crippen molar-refractivity contribution in [2.24, 2.45) is 5.41 Å². The number of nitrogens with one attached hydrogen (secondary N) is 2. The van der Waals surface area contributed by atoms with Gasteiger partial charge in [-0.25, -0.2) is 18.3 Å². The van der Waals surface area contributed by atoms with Gasteiger partial charge in [-0.1, -0.05) is 13.8 Å². The zero-order chi connectivity index (χ0) is 23.5. The topological polar surface area (TPSA) is 106 Å². The van der Waals surface area contributed by atoms with Gasteiger partial charge >= 0.3 is 0 Å². The summed E-state index contributed by atoms with van der Waals surface area (Å²) >= 11 is 0. The number of imidazole rings is 1. The molecule has 0 spiro atoms. The van der Waals surface area contributed by atoms with Crippen LogP contribution in [0.3, 0.4) is 0 Å². The maximum Gasteiger partial charge on any atom is 0.269 e. The van der Waals surface area contributed by atoms with Gasteiger partial charge in [-0.05, 0) is 31.5 Å². The molecule has 3 heterocycles. The van der Waals surface area contributed by atoms with Crippen LogP contribution in [0.4, 0.5) is 8.78 Å². The van der Waals surface area contributed by atoms with Crippen LogP contribution in [-0.2, 0) is 17.9 Å². The molecule has 3 aromatic rings. The third kappa shape index (κ3) is 5.45. The highest BCUT2D eigenvalue weighted by molar-refractivity contribution is 5.92. The first-order valence-electron chi connectivity index (χ1n) is 10.3. The van der Waals surface area contributed by atoms with Crippen molar-refractivity contribution in [2.45, 2.75) is 59.7 Å². The Morgan fingerprint density at radius 2 is 1.91 bits per heavy atom. The summed E-state index contributed by atoms with van der Waals surface area (Å²) in [6.07, 6.45) is 1.99. The van der Waals surface area contributed by atoms with Crippen molar-refractivity contribution in [1.82, 2.24) is 35.0 Å². The van der Waals surface area contributed by atoms with Crippen molar-refractivity contribution < 1.29 is 18.4 Å². The lowest BCUT2D eigenvalue weighted by molar-refractivity contribution is -0.125. The number of carbonyl (C=O) groups excluding carboxylic acids is 2. The maximum atomic E-state index is 12.9. The van der Waals surface area contributed by atoms with Gasteiger partial charge in [0.05, 0.1) is 24.6 Å². The number of alkyl halides is 2. The Hall–Kier alpha value is -3.37. The number of aromatic nitrogens is 5. The summed E-state index contributed by atoms with van der Waals surface area (Å²) in [6, 6.07) is 3.46. The van der Waals surface area contributed by atoms with E-state index in [-0.39, 0.29) is 31.5 Å². The van der Waals surface area contributed by atoms with Gasteiger partial charge in [-0.15, -0.1) is 0 Å². The molecule has 0 radical (unpaired) electrons. The molecule has 2 amide bonds. The number of amides is 2. The number of rotatable bonds is 9. The minimum atomic E-state index is -2.58. The molecule has 0 aromatic carbocycles. The first-order chi connectivity index (χ1) is 15.1. The van der Waals surface area contributed by atoms with Gasteiger partial charge in [0.25, 0.3) is 5.91 Å². The third-order valence-corrected chi connectivity index (χ3v) is 4.95. The molecule has 0 aliphatic heterocycles. The lowest BCUT2D eigenvalue weighted by Gasteiger charge is -2.22. The molecule has 0 aliphatic carbocycles. The summed E-state index contributed by atoms with van der Waals surface area (Å²) in [5.41, 5.74) is 0.918. The highest BCUT2D eigenvalue weighted by atomic mass is 19.3. The second-order valence-corrected chi connectivity index (χ2v) is 8.58. The Balaban J connectivity index is 1.59. The molecule has 0 bridgehead atoms. The molecule has 172 valence electrons. The number of hydrogen-bond donors (Lipinski definition) is 2. The van der Waals surface area contributed by atoms with Crippen LogP contribution >= 0.6 is 0 Å². The molecule has 0 saturated carbocycles. The van der Waals surface area contributed by atoms with Gasteiger partial charge < -0.3 is 10.6 Å². The quantitative estimate of drug-likeness (QED) is 0.525. The molecule has 3 aromatic heterocycles. The first-order valence-corrected chi connectivity index (χ1v) is 10.3. The van der Waals surface area contributed by atoms with Crippen molar-refractivity contribution in [3.63, 3.8) is 0 Å². The van der Waals surface area contributed by atoms with E-state index in [2.05, 4.69) is 25.8 Å². The van der Waals surface area contributed by atoms with Crippen LogP contribution in [0, 0.1) is 5.41 Å². The van der Waals surface area contributed by atoms with E-state index in [1.165, 1.54) is 13.8 Å². The Kier molecular flexibility index (Phi) is 6.85. The fourth-order valence-electron chi connectivity index (χ4n) is 3.07. The number of carbonyl (C=O) groups is 2. The maximum absolute atomic E-state index is 12.9. The molecule has 0 unspecified atom stereocenters. The van der Waals surface area contributed by atoms with Crippen LogP contribution in [0.15, 0.2) is 30.7 Å². The molecule has 0 aliphatic rings. The van der Waals surface area contributed by atoms with Crippen molar-refractivity contribution in [3.8, 4) is 0 Å². The van der Waals surface area contributed by atoms with Crippen molar-refractivity contribution in [1.29, 1.82) is 0 Å². The molecule has 32 heavy (non-hydrogen) atoms. The first kappa shape index (κ1) is 23.3. The number of nitrogens with zero attached hydrogens (tertiary/aromatic N) is 5. The van der Waals surface area contributed by atoms with Gasteiger partial charge in [0.2, 0.25) is 12.3 Å². The van der Waals surface area contributed by atoms with Gasteiger partial charge in [0.15, 0.2) is 5.65 Å². The zero-order valence-corrected chi connectivity index (χ0v) is 18.5. The van der Waals surface area contributed by atoms with Crippen molar-refractivity contribution >= 4 is 17.5 Å². The summed E-state index contributed by atoms with van der Waals surface area (Å²) in [6.45, 7) is 6.95. The number of halogens is 2. The third-order valence-electron chi connectivity index (χ3n) is 4.95. The molecule has 9 nitrogen and oxygen atoms in total. The van der Waals surface area contributed by atoms with Crippen LogP contribution in [0.25, 0.3) is 5.65 Å². The van der Waals surface area contributed by atoms with Crippen LogP contribution in [0.2, 0.25) is 0 Å². The van der Waals surface area contributed by atoms with E-state index in [0.29, 0.717) is 22.6 Å². The van der Waals surface area contributed by atoms with Gasteiger partial charge in [0.1, 0.15) is 5.69 Å². The molecule has 11 heteroatoms. The van der Waals surface area contributed by atoms with Crippen LogP contribution in [0.1, 0.15) is 61.9 Å². The monoisotopic (exact) mass is 447 g/mol. The highest BCUT2D eigenvalue weighted by Gasteiger charge is 2.32. The normalized spacial score (nSPS) is 12.0. The standard InChI is InChI=1S/C21H27F2N7O2/c1-13(2)30-16(5-6-26-30)19(32)25-11-15-12-29-17(28-15)7-14(10-27-29)9-24-18(31)8-21(3,4)20(22)23/h5-7,10,12-13,20H,8-9,11H2,1-4H3,(H,24,31)(H,25,32). The second-order valence-electron chi connectivity index (χ2n) is 8.58. The fourth-order valence-corrected chi connectivity index (χ4v) is 3.07. The lowest BCUT2D eigenvalue weighted by Crippen LogP contribution is -2.32. The molecule has 0 saturated heterocycles. The average molecular weight is 447 g/mol. The van der Waals surface area contributed by atoms with E-state index in [1.807, 2.05) is 13.8 Å². The smallest absolute Gasteiger partial charge is 0.269 e. The minimum Gasteiger partial charge on any atom is -0.352 e. The Morgan fingerprint density at radius 1 is 1.16 bits per heavy atom. The predicted molar refractivity (Wildman–Crippen MR) is 113 cm³/mol. The minimum absolute atomic E-state index is 0.0606. The van der Waals surface area contributed by atoms with E-state index >= 15 is 0 Å². The molecule has 3 rings (SSSR count). The summed E-state index contributed by atoms with van der Waals surface area (Å²) in [5.74, 6) is -0.709. The van der Waals surface area contributed by atoms with Crippen LogP contribution < -0.4 is 10.6 Å². The number of hydrogen-bond acceptors (Lipinski definition) is 5. The van der Waals surface area contributed by atoms with Crippen molar-refractivity contribution in [2.75, 3.05) is 0 Å². The summed E-state index contributed by atoms with van der Waals surface area (Å²) in [7, 11) is 0. The molecular weight excluding hydrogens is 420 g/mol. The molecule has 0 fully saturated rings. The van der Waals surface area contributed by atoms with Gasteiger partial charge in [0, 0.05) is 30.6 Å². The Morgan fingerprint density at radius 3 is 2.59 bits per heavy atom. The molecule has 0 atom stereocenters. The SMILES string of the molecule is CC(C)n1nccc1C(=O)NCc1cn2ncc(CNC(=O)CC(C)(C)C(F)F)cc2n1.